The molecule has 2 amide bonds. The molecule has 0 unspecified atom stereocenters. The van der Waals surface area contributed by atoms with Crippen LogP contribution in [0, 0.1) is 5.41 Å². The highest BCUT2D eigenvalue weighted by molar-refractivity contribution is 5.81. The Kier molecular flexibility index (Phi) is 3.61. The molecule has 2 fully saturated rings. The maximum Gasteiger partial charge on any atom is 0.239 e. The van der Waals surface area contributed by atoms with E-state index in [4.69, 9.17) is 5.73 Å². The first-order valence-electron chi connectivity index (χ1n) is 6.73. The van der Waals surface area contributed by atoms with E-state index < -0.39 is 6.04 Å². The van der Waals surface area contributed by atoms with Gasteiger partial charge in [-0.15, -0.1) is 0 Å². The molecule has 18 heavy (non-hydrogen) atoms. The minimum Gasteiger partial charge on any atom is -0.343 e. The minimum absolute atomic E-state index is 0.0564. The van der Waals surface area contributed by atoms with E-state index in [2.05, 4.69) is 0 Å². The van der Waals surface area contributed by atoms with Gasteiger partial charge in [0.05, 0.1) is 6.04 Å². The number of hydrogen-bond donors (Lipinski definition) is 1. The number of likely N-dealkylation sites (tertiary alicyclic amines) is 2. The van der Waals surface area contributed by atoms with Crippen LogP contribution in [0.1, 0.15) is 33.1 Å². The van der Waals surface area contributed by atoms with Gasteiger partial charge in [0.15, 0.2) is 0 Å². The highest BCUT2D eigenvalue weighted by atomic mass is 16.2. The molecular weight excluding hydrogens is 230 g/mol. The number of rotatable bonds is 1. The zero-order chi connectivity index (χ0) is 13.3. The monoisotopic (exact) mass is 253 g/mol. The molecular formula is C13H23N3O2. The summed E-state index contributed by atoms with van der Waals surface area (Å²) in [5.74, 6) is 0.215. The Morgan fingerprint density at radius 3 is 2.06 bits per heavy atom. The summed E-state index contributed by atoms with van der Waals surface area (Å²) in [6, 6.07) is -0.405. The first-order chi connectivity index (χ1) is 8.43. The first kappa shape index (κ1) is 13.3. The van der Waals surface area contributed by atoms with Gasteiger partial charge in [-0.3, -0.25) is 9.59 Å². The van der Waals surface area contributed by atoms with E-state index in [1.54, 1.807) is 13.8 Å². The lowest BCUT2D eigenvalue weighted by molar-refractivity contribution is -0.133. The second kappa shape index (κ2) is 4.88. The molecule has 5 nitrogen and oxygen atoms in total. The van der Waals surface area contributed by atoms with Crippen molar-refractivity contribution < 1.29 is 9.59 Å². The minimum atomic E-state index is -0.405. The Morgan fingerprint density at radius 2 is 1.61 bits per heavy atom. The predicted molar refractivity (Wildman–Crippen MR) is 68.8 cm³/mol. The molecule has 0 radical (unpaired) electrons. The molecule has 1 spiro atoms. The second-order valence-electron chi connectivity index (χ2n) is 5.80. The molecule has 2 N–H and O–H groups in total. The Balaban J connectivity index is 1.93. The first-order valence-corrected chi connectivity index (χ1v) is 6.73. The number of nitrogens with zero attached hydrogens (tertiary/aromatic N) is 2. The van der Waals surface area contributed by atoms with Gasteiger partial charge in [0.25, 0.3) is 0 Å². The van der Waals surface area contributed by atoms with E-state index in [9.17, 15) is 9.59 Å². The molecule has 2 saturated heterocycles. The lowest BCUT2D eigenvalue weighted by atomic mass is 9.78. The summed E-state index contributed by atoms with van der Waals surface area (Å²) >= 11 is 0. The molecule has 5 heteroatoms. The van der Waals surface area contributed by atoms with Gasteiger partial charge in [-0.2, -0.15) is 0 Å². The van der Waals surface area contributed by atoms with Crippen LogP contribution < -0.4 is 5.73 Å². The molecule has 2 rings (SSSR count). The van der Waals surface area contributed by atoms with E-state index in [0.717, 1.165) is 45.4 Å². The van der Waals surface area contributed by atoms with E-state index in [0.29, 0.717) is 0 Å². The zero-order valence-corrected chi connectivity index (χ0v) is 11.3. The Bertz CT molecular complexity index is 346. The van der Waals surface area contributed by atoms with E-state index in [-0.39, 0.29) is 17.2 Å². The number of carbonyl (C=O) groups excluding carboxylic acids is 2. The highest BCUT2D eigenvalue weighted by Crippen LogP contribution is 2.40. The summed E-state index contributed by atoms with van der Waals surface area (Å²) in [7, 11) is 0. The van der Waals surface area contributed by atoms with Crippen molar-refractivity contribution in [3.63, 3.8) is 0 Å². The number of hydrogen-bond acceptors (Lipinski definition) is 3. The van der Waals surface area contributed by atoms with Crippen molar-refractivity contribution in [2.24, 2.45) is 11.1 Å². The molecule has 1 atom stereocenters. The van der Waals surface area contributed by atoms with Crippen LogP contribution in [0.2, 0.25) is 0 Å². The van der Waals surface area contributed by atoms with Crippen molar-refractivity contribution in [2.45, 2.75) is 39.2 Å². The summed E-state index contributed by atoms with van der Waals surface area (Å²) in [5, 5.41) is 0. The second-order valence-corrected chi connectivity index (χ2v) is 5.80. The largest absolute Gasteiger partial charge is 0.343 e. The molecule has 2 aliphatic heterocycles. The van der Waals surface area contributed by atoms with Crippen LogP contribution in [-0.4, -0.2) is 53.8 Å². The van der Waals surface area contributed by atoms with Gasteiger partial charge < -0.3 is 15.5 Å². The molecule has 0 bridgehead atoms. The van der Waals surface area contributed by atoms with Crippen molar-refractivity contribution in [1.82, 2.24) is 9.80 Å². The van der Waals surface area contributed by atoms with Gasteiger partial charge >= 0.3 is 0 Å². The highest BCUT2D eigenvalue weighted by Gasteiger charge is 2.42. The van der Waals surface area contributed by atoms with Crippen molar-refractivity contribution >= 4 is 11.8 Å². The quantitative estimate of drug-likeness (QED) is 0.725. The molecule has 0 aromatic rings. The molecule has 0 aromatic carbocycles. The van der Waals surface area contributed by atoms with Crippen LogP contribution in [0.3, 0.4) is 0 Å². The summed E-state index contributed by atoms with van der Waals surface area (Å²) in [4.78, 5) is 27.0. The van der Waals surface area contributed by atoms with Crippen LogP contribution in [-0.2, 0) is 9.59 Å². The standard InChI is InChI=1S/C13H23N3O2/c1-10(14)12(18)16-8-5-13(9-16)3-6-15(7-4-13)11(2)17/h10H,3-9,14H2,1-2H3/t10-/m1/s1. The topological polar surface area (TPSA) is 66.6 Å². The van der Waals surface area contributed by atoms with E-state index in [1.165, 1.54) is 0 Å². The van der Waals surface area contributed by atoms with E-state index >= 15 is 0 Å². The Hall–Kier alpha value is -1.10. The van der Waals surface area contributed by atoms with Gasteiger partial charge in [0.1, 0.15) is 0 Å². The van der Waals surface area contributed by atoms with Crippen LogP contribution in [0.25, 0.3) is 0 Å². The number of piperidine rings is 1. The number of amides is 2. The van der Waals surface area contributed by atoms with Gasteiger partial charge in [-0.25, -0.2) is 0 Å². The third-order valence-corrected chi connectivity index (χ3v) is 4.41. The summed E-state index contributed by atoms with van der Waals surface area (Å²) < 4.78 is 0. The van der Waals surface area contributed by atoms with Gasteiger partial charge in [-0.1, -0.05) is 0 Å². The maximum atomic E-state index is 11.9. The molecule has 0 aliphatic carbocycles. The molecule has 0 aromatic heterocycles. The fraction of sp³-hybridized carbons (Fsp3) is 0.846. The molecule has 2 aliphatic rings. The lowest BCUT2D eigenvalue weighted by Crippen LogP contribution is -2.45. The lowest BCUT2D eigenvalue weighted by Gasteiger charge is -2.39. The third-order valence-electron chi connectivity index (χ3n) is 4.41. The molecule has 0 saturated carbocycles. The Morgan fingerprint density at radius 1 is 1.11 bits per heavy atom. The van der Waals surface area contributed by atoms with Crippen molar-refractivity contribution in [3.8, 4) is 0 Å². The van der Waals surface area contributed by atoms with Crippen LogP contribution >= 0.6 is 0 Å². The average Bonchev–Trinajstić information content (AvgIpc) is 2.72. The molecule has 2 heterocycles. The fourth-order valence-electron chi connectivity index (χ4n) is 3.12. The van der Waals surface area contributed by atoms with Crippen molar-refractivity contribution in [1.29, 1.82) is 0 Å². The predicted octanol–water partition coefficient (Wildman–Crippen LogP) is 0.195. The Labute approximate surface area is 108 Å². The average molecular weight is 253 g/mol. The van der Waals surface area contributed by atoms with Crippen LogP contribution in [0.5, 0.6) is 0 Å². The summed E-state index contributed by atoms with van der Waals surface area (Å²) in [5.41, 5.74) is 5.88. The van der Waals surface area contributed by atoms with Gasteiger partial charge in [0.2, 0.25) is 11.8 Å². The smallest absolute Gasteiger partial charge is 0.239 e. The van der Waals surface area contributed by atoms with Crippen LogP contribution in [0.15, 0.2) is 0 Å². The molecule has 102 valence electrons. The van der Waals surface area contributed by atoms with Crippen molar-refractivity contribution in [3.05, 3.63) is 0 Å². The van der Waals surface area contributed by atoms with Crippen molar-refractivity contribution in [2.75, 3.05) is 26.2 Å². The van der Waals surface area contributed by atoms with Gasteiger partial charge in [-0.05, 0) is 31.6 Å². The zero-order valence-electron chi connectivity index (χ0n) is 11.3. The number of nitrogens with two attached hydrogens (primary N) is 1. The van der Waals surface area contributed by atoms with Crippen LogP contribution in [0.4, 0.5) is 0 Å². The maximum absolute atomic E-state index is 11.9. The SMILES string of the molecule is CC(=O)N1CCC2(CC1)CCN(C(=O)[C@@H](C)N)C2. The van der Waals surface area contributed by atoms with Gasteiger partial charge in [0, 0.05) is 33.1 Å². The summed E-state index contributed by atoms with van der Waals surface area (Å²) in [6.07, 6.45) is 3.07. The normalized spacial score (nSPS) is 24.4. The summed E-state index contributed by atoms with van der Waals surface area (Å²) in [6.45, 7) is 6.66. The van der Waals surface area contributed by atoms with E-state index in [1.807, 2.05) is 9.80 Å². The third kappa shape index (κ3) is 2.51. The fourth-order valence-corrected chi connectivity index (χ4v) is 3.12. The number of carbonyl (C=O) groups is 2.